The van der Waals surface area contributed by atoms with Crippen LogP contribution in [0.15, 0.2) is 30.8 Å². The maximum atomic E-state index is 5.11. The minimum atomic E-state index is -0.459. The van der Waals surface area contributed by atoms with Crippen molar-refractivity contribution in [2.24, 2.45) is 0 Å². The van der Waals surface area contributed by atoms with Crippen LogP contribution in [0.4, 0.5) is 0 Å². The van der Waals surface area contributed by atoms with Crippen LogP contribution in [-0.4, -0.2) is 16.9 Å². The quantitative estimate of drug-likeness (QED) is 0.597. The fraction of sp³-hybridized carbons (Fsp3) is 0.111. The molecule has 0 heterocycles. The predicted molar refractivity (Wildman–Crippen MR) is 51.7 cm³/mol. The van der Waals surface area contributed by atoms with Gasteiger partial charge in [0, 0.05) is 7.11 Å². The van der Waals surface area contributed by atoms with Crippen molar-refractivity contribution in [3.8, 4) is 0 Å². The molecular weight excluding hydrogens is 152 g/mol. The van der Waals surface area contributed by atoms with E-state index in [1.807, 2.05) is 6.08 Å². The molecule has 0 N–H and O–H groups in total. The van der Waals surface area contributed by atoms with Crippen molar-refractivity contribution in [1.82, 2.24) is 0 Å². The molecule has 0 amide bonds. The van der Waals surface area contributed by atoms with Gasteiger partial charge < -0.3 is 4.43 Å². The highest BCUT2D eigenvalue weighted by molar-refractivity contribution is 6.46. The molecule has 0 radical (unpaired) electrons. The van der Waals surface area contributed by atoms with Gasteiger partial charge in [0.05, 0.1) is 0 Å². The van der Waals surface area contributed by atoms with E-state index in [0.717, 1.165) is 0 Å². The van der Waals surface area contributed by atoms with Gasteiger partial charge in [-0.3, -0.25) is 0 Å². The Kier molecular flexibility index (Phi) is 3.07. The van der Waals surface area contributed by atoms with E-state index in [9.17, 15) is 0 Å². The molecule has 0 aliphatic carbocycles. The Labute approximate surface area is 69.6 Å². The van der Waals surface area contributed by atoms with E-state index in [1.54, 1.807) is 7.11 Å². The van der Waals surface area contributed by atoms with Crippen LogP contribution in [0.25, 0.3) is 6.08 Å². The molecular formula is C9H12OSi. The third-order valence-corrected chi connectivity index (χ3v) is 2.62. The Morgan fingerprint density at radius 3 is 2.45 bits per heavy atom. The van der Waals surface area contributed by atoms with E-state index in [-0.39, 0.29) is 0 Å². The van der Waals surface area contributed by atoms with Gasteiger partial charge in [0.25, 0.3) is 0 Å². The van der Waals surface area contributed by atoms with Gasteiger partial charge in [-0.05, 0) is 10.8 Å². The molecule has 1 nitrogen and oxygen atoms in total. The Balaban J connectivity index is 2.74. The fourth-order valence-corrected chi connectivity index (χ4v) is 1.68. The van der Waals surface area contributed by atoms with Gasteiger partial charge in [0.2, 0.25) is 0 Å². The second-order valence-electron chi connectivity index (χ2n) is 2.38. The van der Waals surface area contributed by atoms with Gasteiger partial charge in [-0.15, -0.1) is 0 Å². The lowest BCUT2D eigenvalue weighted by Crippen LogP contribution is -2.14. The number of rotatable bonds is 3. The third kappa shape index (κ3) is 2.33. The summed E-state index contributed by atoms with van der Waals surface area (Å²) in [6, 6.07) is 8.34. The standard InChI is InChI=1S/C9H12OSi/c1-3-8-4-6-9(7-5-8)11-10-2/h3-7H,1,11H2,2H3. The first-order valence-electron chi connectivity index (χ1n) is 3.57. The molecule has 0 bridgehead atoms. The lowest BCUT2D eigenvalue weighted by molar-refractivity contribution is 0.450. The van der Waals surface area contributed by atoms with Gasteiger partial charge in [0.1, 0.15) is 0 Å². The van der Waals surface area contributed by atoms with Crippen LogP contribution in [0.3, 0.4) is 0 Å². The molecule has 0 fully saturated rings. The van der Waals surface area contributed by atoms with Crippen molar-refractivity contribution < 1.29 is 4.43 Å². The van der Waals surface area contributed by atoms with E-state index < -0.39 is 9.76 Å². The minimum absolute atomic E-state index is 0.459. The minimum Gasteiger partial charge on any atom is -0.422 e. The summed E-state index contributed by atoms with van der Waals surface area (Å²) in [6.45, 7) is 3.69. The van der Waals surface area contributed by atoms with Crippen molar-refractivity contribution in [3.05, 3.63) is 36.4 Å². The van der Waals surface area contributed by atoms with Crippen molar-refractivity contribution in [3.63, 3.8) is 0 Å². The molecule has 1 rings (SSSR count). The maximum absolute atomic E-state index is 5.11. The Morgan fingerprint density at radius 2 is 2.00 bits per heavy atom. The molecule has 0 saturated heterocycles. The Bertz CT molecular complexity index is 228. The highest BCUT2D eigenvalue weighted by Crippen LogP contribution is 1.96. The van der Waals surface area contributed by atoms with E-state index >= 15 is 0 Å². The third-order valence-electron chi connectivity index (χ3n) is 1.53. The molecule has 11 heavy (non-hydrogen) atoms. The lowest BCUT2D eigenvalue weighted by Gasteiger charge is -1.97. The molecule has 1 aromatic carbocycles. The van der Waals surface area contributed by atoms with E-state index in [4.69, 9.17) is 4.43 Å². The van der Waals surface area contributed by atoms with Crippen LogP contribution < -0.4 is 5.19 Å². The van der Waals surface area contributed by atoms with Crippen molar-refractivity contribution >= 4 is 21.0 Å². The molecule has 0 aliphatic rings. The average Bonchev–Trinajstić information content (AvgIpc) is 2.07. The Hall–Kier alpha value is -0.863. The predicted octanol–water partition coefficient (Wildman–Crippen LogP) is 0.685. The van der Waals surface area contributed by atoms with Gasteiger partial charge >= 0.3 is 0 Å². The van der Waals surface area contributed by atoms with E-state index in [1.165, 1.54) is 10.8 Å². The molecule has 0 saturated carbocycles. The van der Waals surface area contributed by atoms with Gasteiger partial charge in [-0.25, -0.2) is 0 Å². The zero-order valence-corrected chi connectivity index (χ0v) is 8.12. The van der Waals surface area contributed by atoms with Crippen LogP contribution >= 0.6 is 0 Å². The second kappa shape index (κ2) is 4.11. The summed E-state index contributed by atoms with van der Waals surface area (Å²) >= 11 is 0. The SMILES string of the molecule is C=Cc1ccc([SiH2]OC)cc1. The van der Waals surface area contributed by atoms with Crippen LogP contribution in [-0.2, 0) is 4.43 Å². The first-order valence-corrected chi connectivity index (χ1v) is 4.85. The summed E-state index contributed by atoms with van der Waals surface area (Å²) in [5.41, 5.74) is 1.17. The fourth-order valence-electron chi connectivity index (χ4n) is 0.917. The topological polar surface area (TPSA) is 9.23 Å². The van der Waals surface area contributed by atoms with Crippen LogP contribution in [0.5, 0.6) is 0 Å². The highest BCUT2D eigenvalue weighted by atomic mass is 28.2. The summed E-state index contributed by atoms with van der Waals surface area (Å²) in [7, 11) is 1.30. The molecule has 0 atom stereocenters. The lowest BCUT2D eigenvalue weighted by atomic mass is 10.2. The van der Waals surface area contributed by atoms with Crippen LogP contribution in [0, 0.1) is 0 Å². The Morgan fingerprint density at radius 1 is 1.36 bits per heavy atom. The molecule has 2 heteroatoms. The second-order valence-corrected chi connectivity index (χ2v) is 4.06. The normalized spacial score (nSPS) is 10.6. The monoisotopic (exact) mass is 164 g/mol. The zero-order valence-electron chi connectivity index (χ0n) is 6.71. The summed E-state index contributed by atoms with van der Waals surface area (Å²) in [5, 5.41) is 1.33. The zero-order chi connectivity index (χ0) is 8.10. The van der Waals surface area contributed by atoms with Crippen LogP contribution in [0.1, 0.15) is 5.56 Å². The smallest absolute Gasteiger partial charge is 0.191 e. The van der Waals surface area contributed by atoms with Gasteiger partial charge in [-0.2, -0.15) is 0 Å². The summed E-state index contributed by atoms with van der Waals surface area (Å²) < 4.78 is 5.11. The highest BCUT2D eigenvalue weighted by Gasteiger charge is 1.90. The largest absolute Gasteiger partial charge is 0.422 e. The van der Waals surface area contributed by atoms with Gasteiger partial charge in [0.15, 0.2) is 9.76 Å². The van der Waals surface area contributed by atoms with E-state index in [2.05, 4.69) is 30.8 Å². The molecule has 0 aliphatic heterocycles. The molecule has 0 spiro atoms. The van der Waals surface area contributed by atoms with Crippen molar-refractivity contribution in [2.45, 2.75) is 0 Å². The first-order chi connectivity index (χ1) is 5.36. The average molecular weight is 164 g/mol. The summed E-state index contributed by atoms with van der Waals surface area (Å²) in [4.78, 5) is 0. The number of benzene rings is 1. The molecule has 0 unspecified atom stereocenters. The molecule has 1 aromatic rings. The van der Waals surface area contributed by atoms with Crippen LogP contribution in [0.2, 0.25) is 0 Å². The maximum Gasteiger partial charge on any atom is 0.191 e. The molecule has 0 aromatic heterocycles. The summed E-state index contributed by atoms with van der Waals surface area (Å²) in [5.74, 6) is 0. The van der Waals surface area contributed by atoms with E-state index in [0.29, 0.717) is 0 Å². The number of hydrogen-bond donors (Lipinski definition) is 0. The van der Waals surface area contributed by atoms with Gasteiger partial charge in [-0.1, -0.05) is 36.9 Å². The first kappa shape index (κ1) is 8.24. The van der Waals surface area contributed by atoms with Crippen molar-refractivity contribution in [1.29, 1.82) is 0 Å². The van der Waals surface area contributed by atoms with Crippen molar-refractivity contribution in [2.75, 3.05) is 7.11 Å². The molecule has 58 valence electrons. The number of hydrogen-bond acceptors (Lipinski definition) is 1. The summed E-state index contributed by atoms with van der Waals surface area (Å²) in [6.07, 6.45) is 1.85.